The smallest absolute Gasteiger partial charge is 0.339 e. The van der Waals surface area contributed by atoms with E-state index in [1.54, 1.807) is 46.8 Å². The molecule has 222 valence electrons. The maximum atomic E-state index is 12.1. The Morgan fingerprint density at radius 1 is 0.850 bits per heavy atom. The number of aliphatic carboxylic acids is 1. The number of carbonyl (C=O) groups excluding carboxylic acids is 2. The Bertz CT molecular complexity index is 1080. The van der Waals surface area contributed by atoms with Gasteiger partial charge in [-0.25, -0.2) is 9.59 Å². The average molecular weight is 597 g/mol. The quantitative estimate of drug-likeness (QED) is 0.228. The van der Waals surface area contributed by atoms with Crippen LogP contribution in [0.4, 0.5) is 0 Å². The number of carbonyl (C=O) groups is 3. The van der Waals surface area contributed by atoms with Crippen LogP contribution in [0.3, 0.4) is 0 Å². The molecule has 0 aliphatic carbocycles. The Morgan fingerprint density at radius 3 is 1.68 bits per heavy atom. The summed E-state index contributed by atoms with van der Waals surface area (Å²) in [5.41, 5.74) is 10.7. The number of rotatable bonds is 13. The molecule has 10 nitrogen and oxygen atoms in total. The van der Waals surface area contributed by atoms with Gasteiger partial charge in [-0.15, -0.1) is 0 Å². The molecule has 2 rings (SSSR count). The molecule has 0 aliphatic heterocycles. The lowest BCUT2D eigenvalue weighted by Gasteiger charge is -2.27. The zero-order chi connectivity index (χ0) is 30.3. The number of carboxylic acids is 1. The van der Waals surface area contributed by atoms with E-state index >= 15 is 0 Å². The molecule has 2 aromatic rings. The van der Waals surface area contributed by atoms with Crippen molar-refractivity contribution in [3.8, 4) is 11.5 Å². The lowest BCUT2D eigenvalue weighted by atomic mass is 10.0. The van der Waals surface area contributed by atoms with Crippen LogP contribution in [0, 0.1) is 0 Å². The monoisotopic (exact) mass is 596 g/mol. The molecule has 0 saturated carbocycles. The zero-order valence-corrected chi connectivity index (χ0v) is 25.4. The molecule has 0 radical (unpaired) electrons. The minimum atomic E-state index is -2.07. The topological polar surface area (TPSA) is 160 Å². The summed E-state index contributed by atoms with van der Waals surface area (Å²) in [6.07, 6.45) is 0. The van der Waals surface area contributed by atoms with E-state index in [1.165, 1.54) is 24.4 Å². The van der Waals surface area contributed by atoms with E-state index < -0.39 is 29.1 Å². The van der Waals surface area contributed by atoms with Gasteiger partial charge < -0.3 is 35.5 Å². The van der Waals surface area contributed by atoms with Gasteiger partial charge in [0.1, 0.15) is 23.1 Å². The fraction of sp³-hybridized carbons (Fsp3) is 0.464. The lowest BCUT2D eigenvalue weighted by Crippen LogP contribution is -2.59. The molecule has 40 heavy (non-hydrogen) atoms. The van der Waals surface area contributed by atoms with Crippen LogP contribution >= 0.6 is 23.5 Å². The van der Waals surface area contributed by atoms with E-state index in [4.69, 9.17) is 25.7 Å². The van der Waals surface area contributed by atoms with Gasteiger partial charge in [-0.05, 0) is 56.2 Å². The van der Waals surface area contributed by atoms with Crippen molar-refractivity contribution in [2.75, 3.05) is 32.8 Å². The number of hydrogen-bond acceptors (Lipinski definition) is 11. The van der Waals surface area contributed by atoms with Crippen molar-refractivity contribution in [1.82, 2.24) is 0 Å². The Balaban J connectivity index is 0.000000418. The van der Waals surface area contributed by atoms with E-state index in [1.807, 2.05) is 48.5 Å². The Morgan fingerprint density at radius 2 is 1.30 bits per heavy atom. The van der Waals surface area contributed by atoms with Crippen LogP contribution in [0.2, 0.25) is 0 Å². The maximum Gasteiger partial charge on any atom is 0.339 e. The molecule has 0 spiro atoms. The third-order valence-electron chi connectivity index (χ3n) is 5.13. The van der Waals surface area contributed by atoms with Crippen LogP contribution in [0.15, 0.2) is 48.5 Å². The summed E-state index contributed by atoms with van der Waals surface area (Å²) in [6.45, 7) is 4.99. The van der Waals surface area contributed by atoms with Crippen molar-refractivity contribution in [2.24, 2.45) is 11.5 Å². The minimum absolute atomic E-state index is 0.0801. The van der Waals surface area contributed by atoms with E-state index in [2.05, 4.69) is 4.74 Å². The molecule has 0 aliphatic rings. The second-order valence-electron chi connectivity index (χ2n) is 9.61. The summed E-state index contributed by atoms with van der Waals surface area (Å²) in [6, 6.07) is 14.6. The van der Waals surface area contributed by atoms with Crippen molar-refractivity contribution in [2.45, 2.75) is 49.5 Å². The van der Waals surface area contributed by atoms with Crippen LogP contribution in [0.25, 0.3) is 0 Å². The molecule has 0 fully saturated rings. The number of nitrogens with two attached hydrogens (primary N) is 2. The zero-order valence-electron chi connectivity index (χ0n) is 23.8. The highest BCUT2D eigenvalue weighted by Gasteiger charge is 2.45. The van der Waals surface area contributed by atoms with Gasteiger partial charge in [0.05, 0.1) is 21.3 Å². The fourth-order valence-corrected chi connectivity index (χ4v) is 4.90. The lowest BCUT2D eigenvalue weighted by molar-refractivity contribution is -0.167. The number of methoxy groups -OCH3 is 3. The van der Waals surface area contributed by atoms with Gasteiger partial charge in [0.2, 0.25) is 5.54 Å². The highest BCUT2D eigenvalue weighted by molar-refractivity contribution is 7.98. The van der Waals surface area contributed by atoms with Gasteiger partial charge in [-0.1, -0.05) is 24.3 Å². The van der Waals surface area contributed by atoms with Crippen LogP contribution in [-0.2, 0) is 35.4 Å². The first-order valence-corrected chi connectivity index (χ1v) is 14.6. The van der Waals surface area contributed by atoms with Gasteiger partial charge in [-0.3, -0.25) is 4.79 Å². The molecule has 0 aromatic heterocycles. The molecular weight excluding hydrogens is 556 g/mol. The van der Waals surface area contributed by atoms with Crippen molar-refractivity contribution >= 4 is 41.4 Å². The molecule has 12 heteroatoms. The minimum Gasteiger partial charge on any atom is -0.497 e. The Kier molecular flexibility index (Phi) is 14.9. The number of ether oxygens (including phenoxy) is 4. The normalized spacial score (nSPS) is 13.1. The highest BCUT2D eigenvalue weighted by atomic mass is 32.2. The van der Waals surface area contributed by atoms with E-state index in [0.717, 1.165) is 22.8 Å². The van der Waals surface area contributed by atoms with Crippen LogP contribution < -0.4 is 20.9 Å². The Labute approximate surface area is 244 Å². The van der Waals surface area contributed by atoms with Gasteiger partial charge in [0, 0.05) is 23.0 Å². The third-order valence-corrected chi connectivity index (χ3v) is 7.46. The second-order valence-corrected chi connectivity index (χ2v) is 11.6. The number of benzene rings is 2. The number of esters is 2. The summed E-state index contributed by atoms with van der Waals surface area (Å²) in [7, 11) is 4.57. The largest absolute Gasteiger partial charge is 0.497 e. The van der Waals surface area contributed by atoms with Gasteiger partial charge in [0.25, 0.3) is 0 Å². The molecular formula is C28H40N2O8S2. The standard InChI is InChI=1S/C16H23NO5S.C12H17NO3S/c1-15(2,3)22-14(20)16(17,13(18)19)10-23-9-11-5-7-12(21-4)8-6-11;1-15-10-5-3-9(4-6-10)7-17-8-11(13)12(14)16-2/h5-8H,9-10,17H2,1-4H3,(H,18,19);3-6,11H,7-8,13H2,1-2H3/t16-;11-/m10/s1. The third kappa shape index (κ3) is 12.5. The molecule has 2 atom stereocenters. The van der Waals surface area contributed by atoms with Gasteiger partial charge in [0.15, 0.2) is 0 Å². The molecule has 2 aromatic carbocycles. The Hall–Kier alpha value is -2.93. The van der Waals surface area contributed by atoms with Gasteiger partial charge >= 0.3 is 17.9 Å². The second kappa shape index (κ2) is 17.0. The average Bonchev–Trinajstić information content (AvgIpc) is 2.92. The first-order chi connectivity index (χ1) is 18.7. The first kappa shape index (κ1) is 35.1. The number of thioether (sulfide) groups is 2. The predicted octanol–water partition coefficient (Wildman–Crippen LogP) is 3.48. The van der Waals surface area contributed by atoms with E-state index in [9.17, 15) is 19.5 Å². The van der Waals surface area contributed by atoms with Crippen molar-refractivity contribution in [1.29, 1.82) is 0 Å². The molecule has 0 bridgehead atoms. The van der Waals surface area contributed by atoms with Crippen LogP contribution in [-0.4, -0.2) is 73.0 Å². The predicted molar refractivity (Wildman–Crippen MR) is 159 cm³/mol. The van der Waals surface area contributed by atoms with Crippen molar-refractivity contribution in [3.05, 3.63) is 59.7 Å². The van der Waals surface area contributed by atoms with E-state index in [0.29, 0.717) is 11.5 Å². The first-order valence-electron chi connectivity index (χ1n) is 12.3. The summed E-state index contributed by atoms with van der Waals surface area (Å²) in [4.78, 5) is 34.6. The SMILES string of the molecule is COC(=O)[C@@H](N)CSCc1ccc(OC)cc1.COc1ccc(CSC[C@@](N)(C(=O)O)C(=O)OC(C)(C)C)cc1. The van der Waals surface area contributed by atoms with Crippen molar-refractivity contribution < 1.29 is 38.4 Å². The number of carboxylic acid groups (broad SMARTS) is 1. The summed E-state index contributed by atoms with van der Waals surface area (Å²) in [5, 5.41) is 9.31. The van der Waals surface area contributed by atoms with Gasteiger partial charge in [-0.2, -0.15) is 23.5 Å². The summed E-state index contributed by atoms with van der Waals surface area (Å²) >= 11 is 2.87. The van der Waals surface area contributed by atoms with Crippen LogP contribution in [0.1, 0.15) is 31.9 Å². The molecule has 0 saturated heterocycles. The summed E-state index contributed by atoms with van der Waals surface area (Å²) in [5.74, 6) is 0.701. The fourth-order valence-electron chi connectivity index (χ4n) is 2.87. The summed E-state index contributed by atoms with van der Waals surface area (Å²) < 4.78 is 19.8. The molecule has 0 amide bonds. The molecule has 0 unspecified atom stereocenters. The molecule has 0 heterocycles. The van der Waals surface area contributed by atoms with Crippen molar-refractivity contribution in [3.63, 3.8) is 0 Å². The number of hydrogen-bond donors (Lipinski definition) is 3. The van der Waals surface area contributed by atoms with Crippen LogP contribution in [0.5, 0.6) is 11.5 Å². The van der Waals surface area contributed by atoms with E-state index in [-0.39, 0.29) is 11.7 Å². The maximum absolute atomic E-state index is 12.1. The molecule has 5 N–H and O–H groups in total. The highest BCUT2D eigenvalue weighted by Crippen LogP contribution is 2.22.